The van der Waals surface area contributed by atoms with Crippen molar-refractivity contribution in [2.24, 2.45) is 0 Å². The van der Waals surface area contributed by atoms with Crippen molar-refractivity contribution in [2.75, 3.05) is 24.7 Å². The van der Waals surface area contributed by atoms with Crippen molar-refractivity contribution in [3.05, 3.63) is 40.5 Å². The average Bonchev–Trinajstić information content (AvgIpc) is 2.36. The van der Waals surface area contributed by atoms with E-state index in [-0.39, 0.29) is 0 Å². The zero-order valence-corrected chi connectivity index (χ0v) is 12.7. The van der Waals surface area contributed by atoms with E-state index in [1.807, 2.05) is 50.2 Å². The molecule has 0 aliphatic carbocycles. The monoisotopic (exact) mass is 321 g/mol. The molecule has 0 spiro atoms. The first-order valence-corrected chi connectivity index (χ1v) is 6.64. The van der Waals surface area contributed by atoms with Gasteiger partial charge in [-0.25, -0.2) is 4.98 Å². The Morgan fingerprint density at radius 3 is 2.58 bits per heavy atom. The van der Waals surface area contributed by atoms with E-state index in [9.17, 15) is 0 Å². The van der Waals surface area contributed by atoms with E-state index in [1.54, 1.807) is 6.07 Å². The summed E-state index contributed by atoms with van der Waals surface area (Å²) in [5.74, 6) is 1.14. The van der Waals surface area contributed by atoms with Crippen LogP contribution < -0.4 is 15.4 Å². The molecule has 0 bridgehead atoms. The lowest BCUT2D eigenvalue weighted by atomic mass is 10.2. The zero-order chi connectivity index (χ0) is 14.0. The van der Waals surface area contributed by atoms with Crippen molar-refractivity contribution in [3.63, 3.8) is 0 Å². The Kier molecular flexibility index (Phi) is 3.95. The standard InChI is InChI=1S/C14H16BrN3O/c1-9-11(15)5-7-14(17-9)19-13-8-10(18(2)3)4-6-12(13)16/h4-8H,16H2,1-3H3. The summed E-state index contributed by atoms with van der Waals surface area (Å²) in [6.07, 6.45) is 0. The van der Waals surface area contributed by atoms with Crippen LogP contribution in [0, 0.1) is 6.92 Å². The largest absolute Gasteiger partial charge is 0.437 e. The van der Waals surface area contributed by atoms with Crippen molar-refractivity contribution in [1.29, 1.82) is 0 Å². The second kappa shape index (κ2) is 5.48. The Bertz CT molecular complexity index is 599. The van der Waals surface area contributed by atoms with Crippen LogP contribution in [0.5, 0.6) is 11.6 Å². The first-order chi connectivity index (χ1) is 8.97. The summed E-state index contributed by atoms with van der Waals surface area (Å²) in [4.78, 5) is 6.34. The van der Waals surface area contributed by atoms with E-state index in [0.717, 1.165) is 15.9 Å². The van der Waals surface area contributed by atoms with Gasteiger partial charge in [-0.1, -0.05) is 0 Å². The van der Waals surface area contributed by atoms with Crippen LogP contribution >= 0.6 is 15.9 Å². The van der Waals surface area contributed by atoms with Crippen molar-refractivity contribution < 1.29 is 4.74 Å². The highest BCUT2D eigenvalue weighted by Crippen LogP contribution is 2.31. The molecule has 0 unspecified atom stereocenters. The number of nitrogen functional groups attached to an aromatic ring is 1. The Balaban J connectivity index is 2.31. The third kappa shape index (κ3) is 3.17. The summed E-state index contributed by atoms with van der Waals surface area (Å²) in [7, 11) is 3.94. The number of aromatic nitrogens is 1. The lowest BCUT2D eigenvalue weighted by Gasteiger charge is -2.15. The Labute approximate surface area is 121 Å². The molecule has 1 heterocycles. The molecule has 1 aromatic heterocycles. The van der Waals surface area contributed by atoms with Gasteiger partial charge < -0.3 is 15.4 Å². The highest BCUT2D eigenvalue weighted by Gasteiger charge is 2.07. The van der Waals surface area contributed by atoms with Crippen LogP contribution in [0.1, 0.15) is 5.69 Å². The van der Waals surface area contributed by atoms with E-state index in [2.05, 4.69) is 20.9 Å². The fourth-order valence-electron chi connectivity index (χ4n) is 1.58. The molecular weight excluding hydrogens is 306 g/mol. The van der Waals surface area contributed by atoms with E-state index < -0.39 is 0 Å². The molecule has 0 saturated heterocycles. The highest BCUT2D eigenvalue weighted by atomic mass is 79.9. The van der Waals surface area contributed by atoms with Crippen LogP contribution in [0.4, 0.5) is 11.4 Å². The first-order valence-electron chi connectivity index (χ1n) is 5.85. The lowest BCUT2D eigenvalue weighted by Crippen LogP contribution is -2.08. The predicted octanol–water partition coefficient (Wildman–Crippen LogP) is 3.59. The number of nitrogens with zero attached hydrogens (tertiary/aromatic N) is 2. The van der Waals surface area contributed by atoms with Gasteiger partial charge in [-0.05, 0) is 41.1 Å². The van der Waals surface area contributed by atoms with Crippen LogP contribution in [0.15, 0.2) is 34.8 Å². The van der Waals surface area contributed by atoms with Crippen LogP contribution in [-0.4, -0.2) is 19.1 Å². The highest BCUT2D eigenvalue weighted by molar-refractivity contribution is 9.10. The minimum Gasteiger partial charge on any atom is -0.437 e. The number of pyridine rings is 1. The molecule has 100 valence electrons. The maximum atomic E-state index is 5.92. The Hall–Kier alpha value is -1.75. The van der Waals surface area contributed by atoms with Gasteiger partial charge in [-0.15, -0.1) is 0 Å². The third-order valence-corrected chi connectivity index (χ3v) is 3.56. The molecule has 5 heteroatoms. The number of nitrogens with two attached hydrogens (primary N) is 1. The minimum absolute atomic E-state index is 0.531. The molecule has 19 heavy (non-hydrogen) atoms. The van der Waals surface area contributed by atoms with Crippen molar-refractivity contribution in [2.45, 2.75) is 6.92 Å². The van der Waals surface area contributed by atoms with Gasteiger partial charge in [0.05, 0.1) is 11.4 Å². The fraction of sp³-hybridized carbons (Fsp3) is 0.214. The molecule has 0 aliphatic rings. The molecule has 0 atom stereocenters. The van der Waals surface area contributed by atoms with Crippen molar-refractivity contribution >= 4 is 27.3 Å². The molecule has 2 N–H and O–H groups in total. The molecule has 0 fully saturated rings. The summed E-state index contributed by atoms with van der Waals surface area (Å²) in [5.41, 5.74) is 8.42. The number of benzene rings is 1. The van der Waals surface area contributed by atoms with Gasteiger partial charge in [0.1, 0.15) is 0 Å². The summed E-state index contributed by atoms with van der Waals surface area (Å²) in [6, 6.07) is 9.38. The van der Waals surface area contributed by atoms with Gasteiger partial charge in [-0.3, -0.25) is 0 Å². The number of hydrogen-bond acceptors (Lipinski definition) is 4. The number of hydrogen-bond donors (Lipinski definition) is 1. The van der Waals surface area contributed by atoms with Crippen molar-refractivity contribution in [1.82, 2.24) is 4.98 Å². The van der Waals surface area contributed by atoms with Crippen LogP contribution in [-0.2, 0) is 0 Å². The maximum absolute atomic E-state index is 5.92. The zero-order valence-electron chi connectivity index (χ0n) is 11.1. The third-order valence-electron chi connectivity index (χ3n) is 2.72. The predicted molar refractivity (Wildman–Crippen MR) is 81.9 cm³/mol. The van der Waals surface area contributed by atoms with Crippen molar-refractivity contribution in [3.8, 4) is 11.6 Å². The average molecular weight is 322 g/mol. The molecule has 2 rings (SSSR count). The maximum Gasteiger partial charge on any atom is 0.219 e. The molecule has 1 aromatic carbocycles. The molecule has 0 aliphatic heterocycles. The Morgan fingerprint density at radius 2 is 1.95 bits per heavy atom. The smallest absolute Gasteiger partial charge is 0.219 e. The van der Waals surface area contributed by atoms with E-state index in [0.29, 0.717) is 17.3 Å². The molecule has 2 aromatic rings. The minimum atomic E-state index is 0.531. The second-order valence-electron chi connectivity index (χ2n) is 4.44. The summed E-state index contributed by atoms with van der Waals surface area (Å²) in [5, 5.41) is 0. The molecule has 4 nitrogen and oxygen atoms in total. The lowest BCUT2D eigenvalue weighted by molar-refractivity contribution is 0.463. The first kappa shape index (κ1) is 13.7. The molecule has 0 radical (unpaired) electrons. The van der Waals surface area contributed by atoms with Gasteiger partial charge in [-0.2, -0.15) is 0 Å². The number of rotatable bonds is 3. The van der Waals surface area contributed by atoms with Gasteiger partial charge >= 0.3 is 0 Å². The topological polar surface area (TPSA) is 51.4 Å². The van der Waals surface area contributed by atoms with Gasteiger partial charge in [0.15, 0.2) is 5.75 Å². The number of halogens is 1. The molecular formula is C14H16BrN3O. The number of anilines is 2. The molecule has 0 amide bonds. The van der Waals surface area contributed by atoms with E-state index >= 15 is 0 Å². The fourth-order valence-corrected chi connectivity index (χ4v) is 1.80. The van der Waals surface area contributed by atoms with E-state index in [1.165, 1.54) is 0 Å². The summed E-state index contributed by atoms with van der Waals surface area (Å²) < 4.78 is 6.71. The number of aryl methyl sites for hydroxylation is 1. The normalized spacial score (nSPS) is 10.3. The van der Waals surface area contributed by atoms with Crippen LogP contribution in [0.25, 0.3) is 0 Å². The van der Waals surface area contributed by atoms with Gasteiger partial charge in [0, 0.05) is 36.4 Å². The van der Waals surface area contributed by atoms with Gasteiger partial charge in [0.25, 0.3) is 0 Å². The molecule has 0 saturated carbocycles. The van der Waals surface area contributed by atoms with E-state index in [4.69, 9.17) is 10.5 Å². The summed E-state index contributed by atoms with van der Waals surface area (Å²) >= 11 is 3.41. The second-order valence-corrected chi connectivity index (χ2v) is 5.29. The van der Waals surface area contributed by atoms with Gasteiger partial charge in [0.2, 0.25) is 5.88 Å². The summed E-state index contributed by atoms with van der Waals surface area (Å²) in [6.45, 7) is 1.91. The Morgan fingerprint density at radius 1 is 1.21 bits per heavy atom. The van der Waals surface area contributed by atoms with Crippen LogP contribution in [0.2, 0.25) is 0 Å². The number of ether oxygens (including phenoxy) is 1. The SMILES string of the molecule is Cc1nc(Oc2cc(N(C)C)ccc2N)ccc1Br. The quantitative estimate of drug-likeness (QED) is 0.878. The van der Waals surface area contributed by atoms with Crippen LogP contribution in [0.3, 0.4) is 0 Å².